The summed E-state index contributed by atoms with van der Waals surface area (Å²) in [5.74, 6) is 1.46. The van der Waals surface area contributed by atoms with Crippen LogP contribution in [0.25, 0.3) is 5.82 Å². The van der Waals surface area contributed by atoms with Crippen LogP contribution in [0.4, 0.5) is 23.0 Å². The summed E-state index contributed by atoms with van der Waals surface area (Å²) in [6.45, 7) is 13.4. The third-order valence-electron chi connectivity index (χ3n) is 8.52. The number of benzene rings is 1. The van der Waals surface area contributed by atoms with Gasteiger partial charge in [-0.15, -0.1) is 0 Å². The van der Waals surface area contributed by atoms with E-state index in [0.717, 1.165) is 58.0 Å². The van der Waals surface area contributed by atoms with E-state index < -0.39 is 0 Å². The zero-order valence-corrected chi connectivity index (χ0v) is 29.1. The second kappa shape index (κ2) is 17.7. The van der Waals surface area contributed by atoms with E-state index >= 15 is 0 Å². The summed E-state index contributed by atoms with van der Waals surface area (Å²) in [5.41, 5.74) is 2.81. The Labute approximate surface area is 296 Å². The SMILES string of the molecule is CCOc1ccc(C(=O)Nc2ccc(C)c(Nc3cc(C(=O)NCCN4CCOCC4)nn3-c3cc(NCCN4CCOCC4)ncn3)c2)cn1. The zero-order chi connectivity index (χ0) is 35.4. The van der Waals surface area contributed by atoms with E-state index in [1.165, 1.54) is 12.5 Å². The maximum atomic E-state index is 13.4. The Morgan fingerprint density at radius 2 is 1.61 bits per heavy atom. The van der Waals surface area contributed by atoms with Gasteiger partial charge in [-0.2, -0.15) is 9.78 Å². The maximum absolute atomic E-state index is 13.4. The Morgan fingerprint density at radius 1 is 0.863 bits per heavy atom. The number of anilines is 4. The molecule has 3 aromatic heterocycles. The van der Waals surface area contributed by atoms with E-state index in [9.17, 15) is 9.59 Å². The fraction of sp³-hybridized carbons (Fsp3) is 0.429. The number of ether oxygens (including phenoxy) is 3. The molecule has 0 radical (unpaired) electrons. The highest BCUT2D eigenvalue weighted by atomic mass is 16.5. The van der Waals surface area contributed by atoms with Crippen LogP contribution >= 0.6 is 0 Å². The van der Waals surface area contributed by atoms with Gasteiger partial charge in [-0.05, 0) is 37.6 Å². The minimum Gasteiger partial charge on any atom is -0.478 e. The number of hydrogen-bond acceptors (Lipinski definition) is 13. The predicted molar refractivity (Wildman–Crippen MR) is 192 cm³/mol. The highest BCUT2D eigenvalue weighted by Crippen LogP contribution is 2.27. The lowest BCUT2D eigenvalue weighted by atomic mass is 10.1. The van der Waals surface area contributed by atoms with Gasteiger partial charge in [0.2, 0.25) is 5.88 Å². The van der Waals surface area contributed by atoms with Crippen molar-refractivity contribution in [2.24, 2.45) is 0 Å². The molecule has 2 aliphatic heterocycles. The van der Waals surface area contributed by atoms with Crippen molar-refractivity contribution < 1.29 is 23.8 Å². The van der Waals surface area contributed by atoms with E-state index in [1.54, 1.807) is 28.9 Å². The third kappa shape index (κ3) is 9.97. The lowest BCUT2D eigenvalue weighted by Crippen LogP contribution is -2.41. The van der Waals surface area contributed by atoms with Gasteiger partial charge in [-0.1, -0.05) is 6.07 Å². The van der Waals surface area contributed by atoms with Crippen LogP contribution in [0, 0.1) is 6.92 Å². The van der Waals surface area contributed by atoms with Crippen molar-refractivity contribution in [1.82, 2.24) is 39.8 Å². The number of amides is 2. The first-order valence-corrected chi connectivity index (χ1v) is 17.3. The summed E-state index contributed by atoms with van der Waals surface area (Å²) in [6, 6.07) is 12.4. The van der Waals surface area contributed by atoms with Gasteiger partial charge in [-0.25, -0.2) is 15.0 Å². The molecule has 16 nitrogen and oxygen atoms in total. The molecule has 0 saturated carbocycles. The molecule has 16 heteroatoms. The fourth-order valence-electron chi connectivity index (χ4n) is 5.65. The van der Waals surface area contributed by atoms with Crippen molar-refractivity contribution >= 4 is 34.8 Å². The molecule has 0 unspecified atom stereocenters. The van der Waals surface area contributed by atoms with Gasteiger partial charge in [0.25, 0.3) is 11.8 Å². The van der Waals surface area contributed by atoms with Gasteiger partial charge in [0, 0.05) is 88.1 Å². The van der Waals surface area contributed by atoms with Crippen molar-refractivity contribution in [3.05, 3.63) is 71.8 Å². The molecular weight excluding hydrogens is 654 g/mol. The molecule has 0 bridgehead atoms. The van der Waals surface area contributed by atoms with E-state index in [0.29, 0.717) is 73.2 Å². The minimum absolute atomic E-state index is 0.227. The standard InChI is InChI=1S/C35H45N11O5/c1-3-51-33-7-5-26(23-38-33)34(47)41-27-6-4-25(2)28(20-27)42-32-21-29(35(48)37-9-11-45-14-18-50-19-15-45)43-46(32)31-22-30(39-24-40-31)36-8-10-44-12-16-49-17-13-44/h4-7,20-24,42H,3,8-19H2,1-2H3,(H,37,48)(H,41,47)(H,36,39,40). The number of hydrogen-bond donors (Lipinski definition) is 4. The zero-order valence-electron chi connectivity index (χ0n) is 29.1. The largest absolute Gasteiger partial charge is 0.478 e. The van der Waals surface area contributed by atoms with Crippen molar-refractivity contribution in [3.63, 3.8) is 0 Å². The number of aryl methyl sites for hydroxylation is 1. The summed E-state index contributed by atoms with van der Waals surface area (Å²) >= 11 is 0. The first-order valence-electron chi connectivity index (χ1n) is 17.3. The summed E-state index contributed by atoms with van der Waals surface area (Å²) in [7, 11) is 0. The van der Waals surface area contributed by atoms with E-state index in [1.807, 2.05) is 32.0 Å². The lowest BCUT2D eigenvalue weighted by Gasteiger charge is -2.26. The molecule has 51 heavy (non-hydrogen) atoms. The summed E-state index contributed by atoms with van der Waals surface area (Å²) in [6.07, 6.45) is 2.95. The lowest BCUT2D eigenvalue weighted by molar-refractivity contribution is 0.0383. The molecule has 4 N–H and O–H groups in total. The van der Waals surface area contributed by atoms with Crippen LogP contribution in [0.2, 0.25) is 0 Å². The molecule has 2 aliphatic rings. The Bertz CT molecular complexity index is 1760. The van der Waals surface area contributed by atoms with Crippen LogP contribution < -0.4 is 26.0 Å². The molecule has 1 aromatic carbocycles. The number of rotatable bonds is 15. The average molecular weight is 700 g/mol. The Hall–Kier alpha value is -5.16. The molecule has 4 aromatic rings. The first kappa shape index (κ1) is 35.7. The minimum atomic E-state index is -0.309. The van der Waals surface area contributed by atoms with Crippen LogP contribution in [-0.2, 0) is 9.47 Å². The number of morpholine rings is 2. The predicted octanol–water partition coefficient (Wildman–Crippen LogP) is 2.57. The number of nitrogens with zero attached hydrogens (tertiary/aromatic N) is 7. The van der Waals surface area contributed by atoms with Gasteiger partial charge in [-0.3, -0.25) is 19.4 Å². The fourth-order valence-corrected chi connectivity index (χ4v) is 5.65. The van der Waals surface area contributed by atoms with Gasteiger partial charge in [0.1, 0.15) is 18.0 Å². The van der Waals surface area contributed by atoms with Crippen molar-refractivity contribution in [1.29, 1.82) is 0 Å². The molecular formula is C35H45N11O5. The van der Waals surface area contributed by atoms with Crippen LogP contribution in [-0.4, -0.2) is 132 Å². The molecule has 2 amide bonds. The molecule has 0 spiro atoms. The average Bonchev–Trinajstić information content (AvgIpc) is 3.58. The van der Waals surface area contributed by atoms with Gasteiger partial charge in [0.15, 0.2) is 11.5 Å². The molecule has 270 valence electrons. The monoisotopic (exact) mass is 699 g/mol. The summed E-state index contributed by atoms with van der Waals surface area (Å²) in [4.78, 5) is 44.1. The highest BCUT2D eigenvalue weighted by Gasteiger charge is 2.19. The van der Waals surface area contributed by atoms with Crippen LogP contribution in [0.3, 0.4) is 0 Å². The van der Waals surface area contributed by atoms with Gasteiger partial charge >= 0.3 is 0 Å². The quantitative estimate of drug-likeness (QED) is 0.143. The Kier molecular flexibility index (Phi) is 12.4. The molecule has 2 fully saturated rings. The Balaban J connectivity index is 1.20. The van der Waals surface area contributed by atoms with Crippen LogP contribution in [0.1, 0.15) is 33.3 Å². The van der Waals surface area contributed by atoms with Crippen LogP contribution in [0.15, 0.2) is 55.0 Å². The Morgan fingerprint density at radius 3 is 2.31 bits per heavy atom. The van der Waals surface area contributed by atoms with E-state index in [4.69, 9.17) is 14.2 Å². The van der Waals surface area contributed by atoms with Crippen molar-refractivity contribution in [3.8, 4) is 11.7 Å². The van der Waals surface area contributed by atoms with Gasteiger partial charge in [0.05, 0.1) is 38.6 Å². The van der Waals surface area contributed by atoms with Crippen molar-refractivity contribution in [2.75, 3.05) is 101 Å². The second-order valence-corrected chi connectivity index (χ2v) is 12.1. The topological polar surface area (TPSA) is 173 Å². The second-order valence-electron chi connectivity index (χ2n) is 12.1. The molecule has 2 saturated heterocycles. The number of aromatic nitrogens is 5. The number of nitrogens with one attached hydrogen (secondary N) is 4. The maximum Gasteiger partial charge on any atom is 0.271 e. The molecule has 0 aliphatic carbocycles. The third-order valence-corrected chi connectivity index (χ3v) is 8.52. The number of carbonyl (C=O) groups is 2. The van der Waals surface area contributed by atoms with E-state index in [-0.39, 0.29) is 17.5 Å². The molecule has 0 atom stereocenters. The highest BCUT2D eigenvalue weighted by molar-refractivity contribution is 6.04. The molecule has 6 rings (SSSR count). The summed E-state index contributed by atoms with van der Waals surface area (Å²) in [5, 5.41) is 17.4. The van der Waals surface area contributed by atoms with E-state index in [2.05, 4.69) is 51.1 Å². The smallest absolute Gasteiger partial charge is 0.271 e. The first-order chi connectivity index (χ1) is 24.9. The van der Waals surface area contributed by atoms with Crippen molar-refractivity contribution in [2.45, 2.75) is 13.8 Å². The number of carbonyl (C=O) groups excluding carboxylic acids is 2. The molecule has 5 heterocycles. The van der Waals surface area contributed by atoms with Crippen LogP contribution in [0.5, 0.6) is 5.88 Å². The normalized spacial score (nSPS) is 15.3. The summed E-state index contributed by atoms with van der Waals surface area (Å²) < 4.78 is 17.9. The number of pyridine rings is 1. The van der Waals surface area contributed by atoms with Gasteiger partial charge < -0.3 is 35.5 Å².